The summed E-state index contributed by atoms with van der Waals surface area (Å²) in [6, 6.07) is 7.81. The molecule has 10 heteroatoms. The minimum atomic E-state index is -4.18. The number of carbonyl (C=O) groups excluding carboxylic acids is 1. The Morgan fingerprint density at radius 2 is 2.03 bits per heavy atom. The summed E-state index contributed by atoms with van der Waals surface area (Å²) >= 11 is 0. The van der Waals surface area contributed by atoms with Crippen LogP contribution in [0.25, 0.3) is 0 Å². The largest absolute Gasteiger partial charge is 0.380 e. The Bertz CT molecular complexity index is 1070. The first-order chi connectivity index (χ1) is 15.7. The molecule has 1 unspecified atom stereocenters. The van der Waals surface area contributed by atoms with Crippen LogP contribution in [-0.2, 0) is 14.8 Å². The van der Waals surface area contributed by atoms with E-state index in [0.717, 1.165) is 19.4 Å². The zero-order valence-electron chi connectivity index (χ0n) is 19.7. The highest BCUT2D eigenvalue weighted by Crippen LogP contribution is 2.38. The standard InChI is InChI=1S/C23H33N5O4S/c1-5-15-32-16-13-24-19-9-6-10-20(26-19)33(30,31)27-22(29)18-8-7-12-25-21(18)28-14-11-17(2)23(28,3)4/h6-10,12,17H,5,11,13-16H2,1-4H3,(H,24,26)(H,27,29). The van der Waals surface area contributed by atoms with Gasteiger partial charge in [-0.05, 0) is 56.9 Å². The lowest BCUT2D eigenvalue weighted by molar-refractivity contribution is 0.0981. The van der Waals surface area contributed by atoms with Gasteiger partial charge >= 0.3 is 0 Å². The van der Waals surface area contributed by atoms with Gasteiger partial charge in [0, 0.05) is 31.4 Å². The van der Waals surface area contributed by atoms with Crippen LogP contribution in [0, 0.1) is 5.92 Å². The van der Waals surface area contributed by atoms with Crippen LogP contribution >= 0.6 is 0 Å². The van der Waals surface area contributed by atoms with E-state index in [4.69, 9.17) is 4.74 Å². The molecule has 0 aromatic carbocycles. The van der Waals surface area contributed by atoms with E-state index < -0.39 is 15.9 Å². The molecule has 1 aliphatic rings. The minimum Gasteiger partial charge on any atom is -0.380 e. The van der Waals surface area contributed by atoms with Crippen molar-refractivity contribution < 1.29 is 17.9 Å². The van der Waals surface area contributed by atoms with Gasteiger partial charge in [0.15, 0.2) is 5.03 Å². The van der Waals surface area contributed by atoms with Gasteiger partial charge in [-0.3, -0.25) is 4.79 Å². The maximum atomic E-state index is 13.0. The monoisotopic (exact) mass is 475 g/mol. The minimum absolute atomic E-state index is 0.204. The van der Waals surface area contributed by atoms with Crippen molar-refractivity contribution in [2.24, 2.45) is 5.92 Å². The van der Waals surface area contributed by atoms with Gasteiger partial charge in [0.1, 0.15) is 11.6 Å². The van der Waals surface area contributed by atoms with Crippen molar-refractivity contribution in [3.8, 4) is 0 Å². The first kappa shape index (κ1) is 24.9. The molecule has 180 valence electrons. The molecule has 3 rings (SSSR count). The van der Waals surface area contributed by atoms with Crippen molar-refractivity contribution in [3.05, 3.63) is 42.1 Å². The van der Waals surface area contributed by atoms with Crippen molar-refractivity contribution >= 4 is 27.6 Å². The number of amides is 1. The van der Waals surface area contributed by atoms with Gasteiger partial charge in [0.05, 0.1) is 12.2 Å². The molecule has 1 fully saturated rings. The fraction of sp³-hybridized carbons (Fsp3) is 0.522. The molecule has 3 heterocycles. The molecule has 1 aliphatic heterocycles. The Hall–Kier alpha value is -2.72. The molecule has 33 heavy (non-hydrogen) atoms. The predicted octanol–water partition coefficient (Wildman–Crippen LogP) is 3.06. The molecule has 0 radical (unpaired) electrons. The summed E-state index contributed by atoms with van der Waals surface area (Å²) in [6.07, 6.45) is 3.51. The number of pyridine rings is 2. The van der Waals surface area contributed by atoms with Crippen LogP contribution < -0.4 is 14.9 Å². The van der Waals surface area contributed by atoms with Crippen molar-refractivity contribution in [2.45, 2.75) is 51.1 Å². The van der Waals surface area contributed by atoms with E-state index in [0.29, 0.717) is 37.3 Å². The molecule has 0 bridgehead atoms. The van der Waals surface area contributed by atoms with E-state index in [1.165, 1.54) is 6.07 Å². The van der Waals surface area contributed by atoms with Crippen molar-refractivity contribution in [1.82, 2.24) is 14.7 Å². The quantitative estimate of drug-likeness (QED) is 0.504. The molecule has 2 N–H and O–H groups in total. The second-order valence-electron chi connectivity index (χ2n) is 8.70. The molecule has 0 spiro atoms. The highest BCUT2D eigenvalue weighted by molar-refractivity contribution is 7.90. The highest BCUT2D eigenvalue weighted by atomic mass is 32.2. The molecule has 2 aromatic heterocycles. The number of anilines is 2. The predicted molar refractivity (Wildman–Crippen MR) is 128 cm³/mol. The zero-order valence-corrected chi connectivity index (χ0v) is 20.5. The van der Waals surface area contributed by atoms with E-state index in [9.17, 15) is 13.2 Å². The number of ether oxygens (including phenoxy) is 1. The van der Waals surface area contributed by atoms with Gasteiger partial charge in [-0.2, -0.15) is 8.42 Å². The van der Waals surface area contributed by atoms with Crippen LogP contribution in [0.5, 0.6) is 0 Å². The summed E-state index contributed by atoms with van der Waals surface area (Å²) in [5.74, 6) is 0.544. The van der Waals surface area contributed by atoms with Crippen LogP contribution in [0.4, 0.5) is 11.6 Å². The number of nitrogens with zero attached hydrogens (tertiary/aromatic N) is 3. The zero-order chi connectivity index (χ0) is 24.1. The number of aromatic nitrogens is 2. The lowest BCUT2D eigenvalue weighted by Crippen LogP contribution is -2.43. The summed E-state index contributed by atoms with van der Waals surface area (Å²) in [4.78, 5) is 23.7. The number of carbonyl (C=O) groups is 1. The van der Waals surface area contributed by atoms with E-state index in [1.807, 2.05) is 6.92 Å². The summed E-state index contributed by atoms with van der Waals surface area (Å²) in [6.45, 7) is 10.8. The number of rotatable bonds is 10. The summed E-state index contributed by atoms with van der Waals surface area (Å²) < 4.78 is 33.4. The van der Waals surface area contributed by atoms with E-state index >= 15 is 0 Å². The van der Waals surface area contributed by atoms with Crippen LogP contribution in [0.3, 0.4) is 0 Å². The smallest absolute Gasteiger partial charge is 0.281 e. The van der Waals surface area contributed by atoms with Crippen molar-refractivity contribution in [2.75, 3.05) is 36.5 Å². The van der Waals surface area contributed by atoms with E-state index in [1.54, 1.807) is 30.5 Å². The number of hydrogen-bond acceptors (Lipinski definition) is 8. The molecular weight excluding hydrogens is 442 g/mol. The van der Waals surface area contributed by atoms with Crippen LogP contribution in [0.1, 0.15) is 50.9 Å². The molecule has 9 nitrogen and oxygen atoms in total. The summed E-state index contributed by atoms with van der Waals surface area (Å²) in [7, 11) is -4.18. The van der Waals surface area contributed by atoms with Crippen LogP contribution in [-0.4, -0.2) is 56.1 Å². The Morgan fingerprint density at radius 1 is 1.24 bits per heavy atom. The third-order valence-corrected chi connectivity index (χ3v) is 7.33. The third-order valence-electron chi connectivity index (χ3n) is 6.10. The first-order valence-electron chi connectivity index (χ1n) is 11.2. The third kappa shape index (κ3) is 5.80. The number of hydrogen-bond donors (Lipinski definition) is 2. The average molecular weight is 476 g/mol. The molecular formula is C23H33N5O4S. The Morgan fingerprint density at radius 3 is 2.73 bits per heavy atom. The lowest BCUT2D eigenvalue weighted by Gasteiger charge is -2.36. The summed E-state index contributed by atoms with van der Waals surface area (Å²) in [5, 5.41) is 2.79. The van der Waals surface area contributed by atoms with E-state index in [2.05, 4.69) is 45.7 Å². The van der Waals surface area contributed by atoms with Gasteiger partial charge < -0.3 is 15.0 Å². The fourth-order valence-corrected chi connectivity index (χ4v) is 4.72. The maximum Gasteiger partial charge on any atom is 0.281 e. The molecule has 0 saturated carbocycles. The first-order valence-corrected chi connectivity index (χ1v) is 12.7. The van der Waals surface area contributed by atoms with Gasteiger partial charge in [-0.25, -0.2) is 14.7 Å². The van der Waals surface area contributed by atoms with Crippen molar-refractivity contribution in [1.29, 1.82) is 0 Å². The SMILES string of the molecule is CCCOCCNc1cccc(S(=O)(=O)NC(=O)c2cccnc2N2CCC(C)C2(C)C)n1. The lowest BCUT2D eigenvalue weighted by atomic mass is 9.90. The van der Waals surface area contributed by atoms with Gasteiger partial charge in [-0.1, -0.05) is 19.9 Å². The fourth-order valence-electron chi connectivity index (χ4n) is 3.79. The normalized spacial score (nSPS) is 17.7. The average Bonchev–Trinajstić information content (AvgIpc) is 3.05. The molecule has 1 saturated heterocycles. The van der Waals surface area contributed by atoms with E-state index in [-0.39, 0.29) is 16.1 Å². The van der Waals surface area contributed by atoms with Gasteiger partial charge in [0.25, 0.3) is 15.9 Å². The molecule has 0 aliphatic carbocycles. The second-order valence-corrected chi connectivity index (χ2v) is 10.3. The van der Waals surface area contributed by atoms with Gasteiger partial charge in [-0.15, -0.1) is 0 Å². The highest BCUT2D eigenvalue weighted by Gasteiger charge is 2.40. The van der Waals surface area contributed by atoms with Crippen LogP contribution in [0.15, 0.2) is 41.6 Å². The number of nitrogens with one attached hydrogen (secondary N) is 2. The second kappa shape index (κ2) is 10.5. The molecule has 1 atom stereocenters. The topological polar surface area (TPSA) is 114 Å². The Balaban J connectivity index is 1.75. The maximum absolute atomic E-state index is 13.0. The Labute approximate surface area is 196 Å². The summed E-state index contributed by atoms with van der Waals surface area (Å²) in [5.41, 5.74) is 0.00981. The van der Waals surface area contributed by atoms with Crippen LogP contribution in [0.2, 0.25) is 0 Å². The molecule has 1 amide bonds. The van der Waals surface area contributed by atoms with Crippen molar-refractivity contribution in [3.63, 3.8) is 0 Å². The number of sulfonamides is 1. The Kier molecular flexibility index (Phi) is 7.91. The molecule has 2 aromatic rings. The van der Waals surface area contributed by atoms with Gasteiger partial charge in [0.2, 0.25) is 0 Å².